The summed E-state index contributed by atoms with van der Waals surface area (Å²) in [5.74, 6) is 0.544. The largest absolute Gasteiger partial charge is 0.395 e. The Morgan fingerprint density at radius 1 is 1.21 bits per heavy atom. The van der Waals surface area contributed by atoms with Gasteiger partial charge in [0.25, 0.3) is 0 Å². The fourth-order valence-electron chi connectivity index (χ4n) is 1.13. The highest BCUT2D eigenvalue weighted by Gasteiger charge is 2.24. The Kier molecular flexibility index (Phi) is 7.45. The maximum atomic E-state index is 5.79. The third kappa shape index (κ3) is 7.50. The van der Waals surface area contributed by atoms with Crippen LogP contribution in [0.15, 0.2) is 0 Å². The van der Waals surface area contributed by atoms with E-state index in [1.54, 1.807) is 7.11 Å². The molecule has 4 heteroatoms. The lowest BCUT2D eigenvalue weighted by Crippen LogP contribution is -2.36. The fourth-order valence-corrected chi connectivity index (χ4v) is 2.60. The molecule has 0 rings (SSSR count). The van der Waals surface area contributed by atoms with Crippen LogP contribution in [-0.2, 0) is 13.6 Å². The van der Waals surface area contributed by atoms with Crippen molar-refractivity contribution in [3.05, 3.63) is 0 Å². The highest BCUT2D eigenvalue weighted by Crippen LogP contribution is 2.10. The Labute approximate surface area is 89.0 Å². The van der Waals surface area contributed by atoms with E-state index < -0.39 is 8.56 Å². The van der Waals surface area contributed by atoms with E-state index in [1.165, 1.54) is 0 Å². The first kappa shape index (κ1) is 14.1. The van der Waals surface area contributed by atoms with Crippen LogP contribution < -0.4 is 0 Å². The van der Waals surface area contributed by atoms with Gasteiger partial charge in [0.05, 0.1) is 0 Å². The molecule has 0 N–H and O–H groups in total. The molecule has 0 spiro atoms. The molecule has 0 saturated heterocycles. The molecule has 0 aromatic rings. The Balaban J connectivity index is 3.58. The van der Waals surface area contributed by atoms with E-state index in [4.69, 9.17) is 13.6 Å². The summed E-state index contributed by atoms with van der Waals surface area (Å²) >= 11 is 0. The number of ether oxygens (including phenoxy) is 1. The topological polar surface area (TPSA) is 27.7 Å². The zero-order chi connectivity index (χ0) is 11.0. The maximum absolute atomic E-state index is 5.79. The molecule has 0 heterocycles. The standard InChI is InChI=1S/C10H24O3Si/c1-6-12-14(4,5)13-9-10(2)7-8-11-3/h10H,6-9H2,1-5H3. The second-order valence-electron chi connectivity index (χ2n) is 4.03. The van der Waals surface area contributed by atoms with Crippen LogP contribution >= 0.6 is 0 Å². The van der Waals surface area contributed by atoms with Gasteiger partial charge in [-0.3, -0.25) is 0 Å². The molecule has 86 valence electrons. The summed E-state index contributed by atoms with van der Waals surface area (Å²) in [6.45, 7) is 10.7. The molecule has 1 atom stereocenters. The van der Waals surface area contributed by atoms with Gasteiger partial charge in [-0.15, -0.1) is 0 Å². The quantitative estimate of drug-likeness (QED) is 0.588. The van der Waals surface area contributed by atoms with Gasteiger partial charge in [0.1, 0.15) is 0 Å². The van der Waals surface area contributed by atoms with Gasteiger partial charge in [0.15, 0.2) is 0 Å². The second kappa shape index (κ2) is 7.40. The smallest absolute Gasteiger partial charge is 0.331 e. The number of hydrogen-bond donors (Lipinski definition) is 0. The average molecular weight is 220 g/mol. The van der Waals surface area contributed by atoms with Gasteiger partial charge in [-0.25, -0.2) is 0 Å². The third-order valence-electron chi connectivity index (χ3n) is 2.02. The van der Waals surface area contributed by atoms with Crippen LogP contribution in [0.2, 0.25) is 13.1 Å². The van der Waals surface area contributed by atoms with Crippen molar-refractivity contribution in [1.29, 1.82) is 0 Å². The molecular weight excluding hydrogens is 196 g/mol. The minimum atomic E-state index is -1.85. The second-order valence-corrected chi connectivity index (χ2v) is 7.41. The van der Waals surface area contributed by atoms with Crippen LogP contribution in [0.3, 0.4) is 0 Å². The zero-order valence-electron chi connectivity index (χ0n) is 10.1. The highest BCUT2D eigenvalue weighted by molar-refractivity contribution is 6.64. The molecule has 0 aliphatic rings. The van der Waals surface area contributed by atoms with Crippen LogP contribution in [0, 0.1) is 5.92 Å². The molecule has 0 aliphatic carbocycles. The van der Waals surface area contributed by atoms with Crippen LogP contribution in [0.1, 0.15) is 20.3 Å². The van der Waals surface area contributed by atoms with Gasteiger partial charge in [0, 0.05) is 26.9 Å². The molecule has 0 aromatic heterocycles. The van der Waals surface area contributed by atoms with Crippen molar-refractivity contribution in [2.75, 3.05) is 26.9 Å². The molecule has 1 unspecified atom stereocenters. The van der Waals surface area contributed by atoms with E-state index in [0.29, 0.717) is 5.92 Å². The monoisotopic (exact) mass is 220 g/mol. The van der Waals surface area contributed by atoms with Crippen molar-refractivity contribution >= 4 is 8.56 Å². The third-order valence-corrected chi connectivity index (χ3v) is 3.87. The Bertz CT molecular complexity index is 139. The number of methoxy groups -OCH3 is 1. The first-order valence-corrected chi connectivity index (χ1v) is 8.10. The summed E-state index contributed by atoms with van der Waals surface area (Å²) in [6, 6.07) is 0. The summed E-state index contributed by atoms with van der Waals surface area (Å²) in [5, 5.41) is 0. The summed E-state index contributed by atoms with van der Waals surface area (Å²) in [7, 11) is -0.117. The lowest BCUT2D eigenvalue weighted by Gasteiger charge is -2.24. The van der Waals surface area contributed by atoms with Crippen LogP contribution in [-0.4, -0.2) is 35.5 Å². The SMILES string of the molecule is CCO[Si](C)(C)OCC(C)CCOC. The maximum Gasteiger partial charge on any atom is 0.331 e. The predicted molar refractivity (Wildman–Crippen MR) is 60.7 cm³/mol. The van der Waals surface area contributed by atoms with E-state index in [2.05, 4.69) is 20.0 Å². The van der Waals surface area contributed by atoms with Gasteiger partial charge in [0.2, 0.25) is 0 Å². The molecule has 0 fully saturated rings. The van der Waals surface area contributed by atoms with Gasteiger partial charge >= 0.3 is 8.56 Å². The van der Waals surface area contributed by atoms with Crippen LogP contribution in [0.25, 0.3) is 0 Å². The molecule has 0 aliphatic heterocycles. The molecule has 0 aromatic carbocycles. The van der Waals surface area contributed by atoms with Gasteiger partial charge in [-0.05, 0) is 32.4 Å². The van der Waals surface area contributed by atoms with E-state index in [0.717, 1.165) is 26.2 Å². The molecule has 3 nitrogen and oxygen atoms in total. The Hall–Kier alpha value is 0.0969. The fraction of sp³-hybridized carbons (Fsp3) is 1.00. The lowest BCUT2D eigenvalue weighted by molar-refractivity contribution is 0.134. The van der Waals surface area contributed by atoms with Crippen molar-refractivity contribution in [2.24, 2.45) is 5.92 Å². The number of hydrogen-bond acceptors (Lipinski definition) is 3. The van der Waals surface area contributed by atoms with E-state index in [9.17, 15) is 0 Å². The lowest BCUT2D eigenvalue weighted by atomic mass is 10.1. The summed E-state index contributed by atoms with van der Waals surface area (Å²) in [5.41, 5.74) is 0. The Morgan fingerprint density at radius 3 is 2.36 bits per heavy atom. The van der Waals surface area contributed by atoms with Crippen molar-refractivity contribution in [1.82, 2.24) is 0 Å². The predicted octanol–water partition coefficient (Wildman–Crippen LogP) is 2.41. The van der Waals surface area contributed by atoms with Crippen LogP contribution in [0.5, 0.6) is 0 Å². The van der Waals surface area contributed by atoms with Crippen molar-refractivity contribution in [3.63, 3.8) is 0 Å². The van der Waals surface area contributed by atoms with Crippen LogP contribution in [0.4, 0.5) is 0 Å². The van der Waals surface area contributed by atoms with E-state index in [-0.39, 0.29) is 0 Å². The summed E-state index contributed by atoms with van der Waals surface area (Å²) < 4.78 is 16.4. The van der Waals surface area contributed by atoms with Gasteiger partial charge in [-0.2, -0.15) is 0 Å². The molecular formula is C10H24O3Si. The van der Waals surface area contributed by atoms with E-state index >= 15 is 0 Å². The minimum Gasteiger partial charge on any atom is -0.395 e. The van der Waals surface area contributed by atoms with Gasteiger partial charge in [-0.1, -0.05) is 6.92 Å². The molecule has 0 saturated carbocycles. The number of rotatable bonds is 8. The first-order valence-electron chi connectivity index (χ1n) is 5.28. The summed E-state index contributed by atoms with van der Waals surface area (Å²) in [6.07, 6.45) is 1.05. The first-order chi connectivity index (χ1) is 6.52. The van der Waals surface area contributed by atoms with Crippen molar-refractivity contribution < 1.29 is 13.6 Å². The zero-order valence-corrected chi connectivity index (χ0v) is 11.1. The average Bonchev–Trinajstić information content (AvgIpc) is 2.11. The van der Waals surface area contributed by atoms with Crippen molar-refractivity contribution in [2.45, 2.75) is 33.4 Å². The molecule has 0 bridgehead atoms. The van der Waals surface area contributed by atoms with Crippen molar-refractivity contribution in [3.8, 4) is 0 Å². The Morgan fingerprint density at radius 2 is 1.86 bits per heavy atom. The normalized spacial score (nSPS) is 14.4. The molecule has 14 heavy (non-hydrogen) atoms. The van der Waals surface area contributed by atoms with Gasteiger partial charge < -0.3 is 13.6 Å². The molecule has 0 radical (unpaired) electrons. The van der Waals surface area contributed by atoms with E-state index in [1.807, 2.05) is 6.92 Å². The minimum absolute atomic E-state index is 0.544. The molecule has 0 amide bonds. The highest BCUT2D eigenvalue weighted by atomic mass is 28.4. The summed E-state index contributed by atoms with van der Waals surface area (Å²) in [4.78, 5) is 0.